The smallest absolute Gasteiger partial charge is 0.226 e. The first kappa shape index (κ1) is 12.9. The van der Waals surface area contributed by atoms with Gasteiger partial charge in [0.15, 0.2) is 11.6 Å². The predicted molar refractivity (Wildman–Crippen MR) is 80.6 cm³/mol. The first-order valence-electron chi connectivity index (χ1n) is 7.26. The van der Waals surface area contributed by atoms with Crippen LogP contribution in [-0.4, -0.2) is 24.7 Å². The van der Waals surface area contributed by atoms with Crippen molar-refractivity contribution in [3.8, 4) is 23.0 Å². The summed E-state index contributed by atoms with van der Waals surface area (Å²) < 4.78 is 7.66. The molecule has 3 aromatic rings. The van der Waals surface area contributed by atoms with Crippen LogP contribution in [0.2, 0.25) is 0 Å². The summed E-state index contributed by atoms with van der Waals surface area (Å²) in [7, 11) is 1.86. The number of fused-ring (bicyclic) bond motifs is 1. The minimum Gasteiger partial charge on any atom is -0.435 e. The van der Waals surface area contributed by atoms with Gasteiger partial charge in [-0.15, -0.1) is 0 Å². The second-order valence-electron chi connectivity index (χ2n) is 5.32. The van der Waals surface area contributed by atoms with E-state index in [9.17, 15) is 0 Å². The molecule has 0 saturated heterocycles. The number of ether oxygens (including phenoxy) is 1. The molecule has 0 saturated carbocycles. The second kappa shape index (κ2) is 5.22. The summed E-state index contributed by atoms with van der Waals surface area (Å²) in [5.41, 5.74) is 3.14. The highest BCUT2D eigenvalue weighted by molar-refractivity contribution is 5.56. The Labute approximate surface area is 127 Å². The molecule has 0 spiro atoms. The van der Waals surface area contributed by atoms with Gasteiger partial charge in [-0.2, -0.15) is 10.1 Å². The van der Waals surface area contributed by atoms with Gasteiger partial charge in [-0.25, -0.2) is 4.98 Å². The number of pyridine rings is 1. The van der Waals surface area contributed by atoms with Crippen LogP contribution in [0.25, 0.3) is 11.4 Å². The molecule has 0 aromatic carbocycles. The van der Waals surface area contributed by atoms with Gasteiger partial charge < -0.3 is 4.74 Å². The minimum absolute atomic E-state index is 0.641. The maximum Gasteiger partial charge on any atom is 0.226 e. The number of hydrogen-bond acceptors (Lipinski definition) is 5. The Balaban J connectivity index is 1.78. The Kier molecular flexibility index (Phi) is 3.07. The fourth-order valence-electron chi connectivity index (χ4n) is 2.68. The summed E-state index contributed by atoms with van der Waals surface area (Å²) in [4.78, 5) is 13.4. The monoisotopic (exact) mass is 293 g/mol. The van der Waals surface area contributed by atoms with E-state index in [-0.39, 0.29) is 0 Å². The molecule has 22 heavy (non-hydrogen) atoms. The zero-order valence-corrected chi connectivity index (χ0v) is 12.2. The third-order valence-corrected chi connectivity index (χ3v) is 3.73. The molecule has 110 valence electrons. The summed E-state index contributed by atoms with van der Waals surface area (Å²) in [6, 6.07) is 3.81. The average Bonchev–Trinajstić information content (AvgIpc) is 3.17. The van der Waals surface area contributed by atoms with Gasteiger partial charge in [-0.1, -0.05) is 0 Å². The lowest BCUT2D eigenvalue weighted by Gasteiger charge is -2.10. The summed E-state index contributed by atoms with van der Waals surface area (Å²) in [5, 5.41) is 4.13. The van der Waals surface area contributed by atoms with Gasteiger partial charge in [0.2, 0.25) is 5.88 Å². The van der Waals surface area contributed by atoms with E-state index in [4.69, 9.17) is 9.72 Å². The van der Waals surface area contributed by atoms with Crippen LogP contribution < -0.4 is 4.74 Å². The van der Waals surface area contributed by atoms with Gasteiger partial charge in [0.25, 0.3) is 0 Å². The van der Waals surface area contributed by atoms with Gasteiger partial charge >= 0.3 is 0 Å². The van der Waals surface area contributed by atoms with Crippen molar-refractivity contribution in [2.75, 3.05) is 0 Å². The van der Waals surface area contributed by atoms with Gasteiger partial charge in [0.1, 0.15) is 0 Å². The third-order valence-electron chi connectivity index (χ3n) is 3.73. The largest absolute Gasteiger partial charge is 0.435 e. The van der Waals surface area contributed by atoms with Crippen LogP contribution in [0.5, 0.6) is 11.6 Å². The Bertz CT molecular complexity index is 813. The van der Waals surface area contributed by atoms with Crippen LogP contribution in [0, 0.1) is 0 Å². The molecule has 0 radical (unpaired) electrons. The van der Waals surface area contributed by atoms with Gasteiger partial charge in [-0.3, -0.25) is 9.67 Å². The summed E-state index contributed by atoms with van der Waals surface area (Å²) in [6.45, 7) is 0. The molecule has 4 rings (SSSR count). The Morgan fingerprint density at radius 2 is 2.00 bits per heavy atom. The SMILES string of the molecule is Cn1cc(Oc2nc(-c3ccncc3)nc3c2CCC3)cn1. The lowest BCUT2D eigenvalue weighted by atomic mass is 10.2. The molecular formula is C16H15N5O. The average molecular weight is 293 g/mol. The number of nitrogens with zero attached hydrogens (tertiary/aromatic N) is 5. The normalized spacial score (nSPS) is 13.1. The Morgan fingerprint density at radius 1 is 1.14 bits per heavy atom. The minimum atomic E-state index is 0.641. The number of aromatic nitrogens is 5. The lowest BCUT2D eigenvalue weighted by molar-refractivity contribution is 0.455. The summed E-state index contributed by atoms with van der Waals surface area (Å²) in [6.07, 6.45) is 10.0. The molecule has 6 heteroatoms. The van der Waals surface area contributed by atoms with E-state index in [1.54, 1.807) is 23.3 Å². The van der Waals surface area contributed by atoms with Gasteiger partial charge in [-0.05, 0) is 31.4 Å². The van der Waals surface area contributed by atoms with E-state index in [1.807, 2.05) is 25.4 Å². The van der Waals surface area contributed by atoms with Crippen molar-refractivity contribution in [2.24, 2.45) is 7.05 Å². The third kappa shape index (κ3) is 2.32. The van der Waals surface area contributed by atoms with E-state index in [1.165, 1.54) is 0 Å². The molecule has 0 aliphatic heterocycles. The second-order valence-corrected chi connectivity index (χ2v) is 5.32. The maximum atomic E-state index is 5.95. The molecule has 1 aliphatic carbocycles. The highest BCUT2D eigenvalue weighted by Crippen LogP contribution is 2.32. The van der Waals surface area contributed by atoms with E-state index in [2.05, 4.69) is 15.1 Å². The zero-order valence-electron chi connectivity index (χ0n) is 12.2. The Morgan fingerprint density at radius 3 is 2.77 bits per heavy atom. The number of aryl methyl sites for hydroxylation is 2. The standard InChI is InChI=1S/C16H15N5O/c1-21-10-12(9-18-21)22-16-13-3-2-4-14(13)19-15(20-16)11-5-7-17-8-6-11/h5-10H,2-4H2,1H3. The molecule has 6 nitrogen and oxygen atoms in total. The molecule has 0 fully saturated rings. The molecule has 3 heterocycles. The zero-order chi connectivity index (χ0) is 14.9. The fraction of sp³-hybridized carbons (Fsp3) is 0.250. The van der Waals surface area contributed by atoms with E-state index < -0.39 is 0 Å². The topological polar surface area (TPSA) is 65.7 Å². The Hall–Kier alpha value is -2.76. The highest BCUT2D eigenvalue weighted by Gasteiger charge is 2.21. The lowest BCUT2D eigenvalue weighted by Crippen LogP contribution is -2.00. The van der Waals surface area contributed by atoms with Crippen LogP contribution in [0.3, 0.4) is 0 Å². The summed E-state index contributed by atoms with van der Waals surface area (Å²) >= 11 is 0. The van der Waals surface area contributed by atoms with E-state index >= 15 is 0 Å². The predicted octanol–water partition coefficient (Wildman–Crippen LogP) is 2.55. The van der Waals surface area contributed by atoms with Gasteiger partial charge in [0.05, 0.1) is 18.1 Å². The molecule has 0 unspecified atom stereocenters. The molecule has 1 aliphatic rings. The van der Waals surface area contributed by atoms with Crippen molar-refractivity contribution in [1.82, 2.24) is 24.7 Å². The van der Waals surface area contributed by atoms with Crippen LogP contribution in [-0.2, 0) is 19.9 Å². The molecule has 0 amide bonds. The van der Waals surface area contributed by atoms with E-state index in [0.717, 1.165) is 36.1 Å². The van der Waals surface area contributed by atoms with Gasteiger partial charge in [0, 0.05) is 30.6 Å². The van der Waals surface area contributed by atoms with Crippen molar-refractivity contribution in [3.63, 3.8) is 0 Å². The van der Waals surface area contributed by atoms with Crippen LogP contribution in [0.15, 0.2) is 36.9 Å². The van der Waals surface area contributed by atoms with Crippen molar-refractivity contribution in [2.45, 2.75) is 19.3 Å². The van der Waals surface area contributed by atoms with E-state index in [0.29, 0.717) is 17.5 Å². The molecular weight excluding hydrogens is 278 g/mol. The van der Waals surface area contributed by atoms with Crippen molar-refractivity contribution in [3.05, 3.63) is 48.2 Å². The number of rotatable bonds is 3. The molecule has 0 N–H and O–H groups in total. The maximum absolute atomic E-state index is 5.95. The fourth-order valence-corrected chi connectivity index (χ4v) is 2.68. The van der Waals surface area contributed by atoms with Crippen LogP contribution >= 0.6 is 0 Å². The molecule has 0 atom stereocenters. The first-order chi connectivity index (χ1) is 10.8. The van der Waals surface area contributed by atoms with Crippen LogP contribution in [0.1, 0.15) is 17.7 Å². The van der Waals surface area contributed by atoms with Crippen molar-refractivity contribution < 1.29 is 4.74 Å². The highest BCUT2D eigenvalue weighted by atomic mass is 16.5. The summed E-state index contributed by atoms with van der Waals surface area (Å²) in [5.74, 6) is 2.01. The van der Waals surface area contributed by atoms with Crippen molar-refractivity contribution in [1.29, 1.82) is 0 Å². The van der Waals surface area contributed by atoms with Crippen LogP contribution in [0.4, 0.5) is 0 Å². The van der Waals surface area contributed by atoms with Crippen molar-refractivity contribution >= 4 is 0 Å². The first-order valence-corrected chi connectivity index (χ1v) is 7.26. The molecule has 3 aromatic heterocycles. The quantitative estimate of drug-likeness (QED) is 0.742. The number of hydrogen-bond donors (Lipinski definition) is 0. The molecule has 0 bridgehead atoms.